The van der Waals surface area contributed by atoms with Gasteiger partial charge in [-0.3, -0.25) is 4.79 Å². The van der Waals surface area contributed by atoms with Gasteiger partial charge in [0.05, 0.1) is 4.47 Å². The molecule has 1 amide bonds. The van der Waals surface area contributed by atoms with E-state index in [1.807, 2.05) is 0 Å². The van der Waals surface area contributed by atoms with Gasteiger partial charge in [0.2, 0.25) is 0 Å². The molecule has 1 N–H and O–H groups in total. The standard InChI is InChI=1S/C13H11BrFNO2/c1-7-5-9(14)10(15)6-11(7)16-13(17)12-4-3-8(2)18-12/h3-6H,1-2H3,(H,16,17). The van der Waals surface area contributed by atoms with Crippen LogP contribution in [0.1, 0.15) is 21.9 Å². The molecular formula is C13H11BrFNO2. The first-order valence-electron chi connectivity index (χ1n) is 5.31. The third-order valence-corrected chi connectivity index (χ3v) is 3.09. The summed E-state index contributed by atoms with van der Waals surface area (Å²) in [5.74, 6) is 0.0357. The maximum Gasteiger partial charge on any atom is 0.291 e. The van der Waals surface area contributed by atoms with Crippen LogP contribution in [0.15, 0.2) is 33.2 Å². The molecular weight excluding hydrogens is 301 g/mol. The fraction of sp³-hybridized carbons (Fsp3) is 0.154. The molecule has 1 heterocycles. The molecule has 0 aliphatic heterocycles. The van der Waals surface area contributed by atoms with Gasteiger partial charge >= 0.3 is 0 Å². The fourth-order valence-corrected chi connectivity index (χ4v) is 1.98. The summed E-state index contributed by atoms with van der Waals surface area (Å²) in [6.07, 6.45) is 0. The molecule has 5 heteroatoms. The Labute approximate surface area is 112 Å². The number of carbonyl (C=O) groups excluding carboxylic acids is 1. The normalized spacial score (nSPS) is 10.4. The molecule has 1 aromatic carbocycles. The molecule has 0 radical (unpaired) electrons. The molecule has 0 aliphatic rings. The second-order valence-electron chi connectivity index (χ2n) is 3.95. The lowest BCUT2D eigenvalue weighted by molar-refractivity contribution is 0.0995. The van der Waals surface area contributed by atoms with Crippen molar-refractivity contribution < 1.29 is 13.6 Å². The van der Waals surface area contributed by atoms with Crippen LogP contribution in [0.2, 0.25) is 0 Å². The number of aryl methyl sites for hydroxylation is 2. The minimum absolute atomic E-state index is 0.204. The molecule has 0 aliphatic carbocycles. The predicted molar refractivity (Wildman–Crippen MR) is 70.2 cm³/mol. The number of hydrogen-bond acceptors (Lipinski definition) is 2. The second kappa shape index (κ2) is 4.94. The van der Waals surface area contributed by atoms with Crippen molar-refractivity contribution in [2.24, 2.45) is 0 Å². The number of carbonyl (C=O) groups is 1. The Hall–Kier alpha value is -1.62. The van der Waals surface area contributed by atoms with Crippen LogP contribution in [-0.4, -0.2) is 5.91 Å². The minimum atomic E-state index is -0.425. The molecule has 3 nitrogen and oxygen atoms in total. The first-order valence-corrected chi connectivity index (χ1v) is 6.10. The number of furan rings is 1. The maximum absolute atomic E-state index is 13.4. The van der Waals surface area contributed by atoms with E-state index in [9.17, 15) is 9.18 Å². The first-order chi connectivity index (χ1) is 8.47. The van der Waals surface area contributed by atoms with E-state index in [4.69, 9.17) is 4.42 Å². The summed E-state index contributed by atoms with van der Waals surface area (Å²) in [4.78, 5) is 11.8. The van der Waals surface area contributed by atoms with Crippen LogP contribution in [0, 0.1) is 19.7 Å². The number of nitrogens with one attached hydrogen (secondary N) is 1. The molecule has 0 saturated heterocycles. The number of anilines is 1. The average molecular weight is 312 g/mol. The maximum atomic E-state index is 13.4. The smallest absolute Gasteiger partial charge is 0.291 e. The van der Waals surface area contributed by atoms with Crippen molar-refractivity contribution >= 4 is 27.5 Å². The molecule has 0 bridgehead atoms. The van der Waals surface area contributed by atoms with Gasteiger partial charge in [-0.05, 0) is 59.6 Å². The third-order valence-electron chi connectivity index (χ3n) is 2.48. The topological polar surface area (TPSA) is 42.2 Å². The van der Waals surface area contributed by atoms with E-state index < -0.39 is 11.7 Å². The number of hydrogen-bond donors (Lipinski definition) is 1. The number of amides is 1. The number of benzene rings is 1. The van der Waals surface area contributed by atoms with Gasteiger partial charge in [-0.1, -0.05) is 0 Å². The van der Waals surface area contributed by atoms with E-state index in [-0.39, 0.29) is 5.76 Å². The Morgan fingerprint density at radius 3 is 2.67 bits per heavy atom. The zero-order chi connectivity index (χ0) is 13.3. The van der Waals surface area contributed by atoms with Gasteiger partial charge in [0.15, 0.2) is 5.76 Å². The van der Waals surface area contributed by atoms with Gasteiger partial charge in [-0.15, -0.1) is 0 Å². The Morgan fingerprint density at radius 1 is 1.33 bits per heavy atom. The Kier molecular flexibility index (Phi) is 3.52. The molecule has 18 heavy (non-hydrogen) atoms. The van der Waals surface area contributed by atoms with Crippen molar-refractivity contribution in [2.75, 3.05) is 5.32 Å². The average Bonchev–Trinajstić information content (AvgIpc) is 2.73. The summed E-state index contributed by atoms with van der Waals surface area (Å²) in [7, 11) is 0. The summed E-state index contributed by atoms with van der Waals surface area (Å²) in [6, 6.07) is 6.16. The summed E-state index contributed by atoms with van der Waals surface area (Å²) in [5, 5.41) is 2.61. The molecule has 1 aromatic heterocycles. The number of rotatable bonds is 2. The summed E-state index contributed by atoms with van der Waals surface area (Å²) < 4.78 is 19.0. The van der Waals surface area contributed by atoms with Gasteiger partial charge < -0.3 is 9.73 Å². The van der Waals surface area contributed by atoms with Crippen LogP contribution in [0.4, 0.5) is 10.1 Å². The van der Waals surface area contributed by atoms with Crippen LogP contribution < -0.4 is 5.32 Å². The van der Waals surface area contributed by atoms with Crippen LogP contribution in [0.25, 0.3) is 0 Å². The van der Waals surface area contributed by atoms with Gasteiger partial charge in [0.1, 0.15) is 11.6 Å². The van der Waals surface area contributed by atoms with Crippen molar-refractivity contribution in [3.63, 3.8) is 0 Å². The van der Waals surface area contributed by atoms with Gasteiger partial charge in [0, 0.05) is 5.69 Å². The quantitative estimate of drug-likeness (QED) is 0.909. The molecule has 0 spiro atoms. The molecule has 2 rings (SSSR count). The molecule has 94 valence electrons. The molecule has 0 atom stereocenters. The SMILES string of the molecule is Cc1ccc(C(=O)Nc2cc(F)c(Br)cc2C)o1. The second-order valence-corrected chi connectivity index (χ2v) is 4.80. The number of halogens is 2. The minimum Gasteiger partial charge on any atom is -0.456 e. The van der Waals surface area contributed by atoms with Gasteiger partial charge in [0.25, 0.3) is 5.91 Å². The monoisotopic (exact) mass is 311 g/mol. The molecule has 0 saturated carbocycles. The summed E-state index contributed by atoms with van der Waals surface area (Å²) in [6.45, 7) is 3.54. The van der Waals surface area contributed by atoms with Crippen molar-refractivity contribution in [2.45, 2.75) is 13.8 Å². The van der Waals surface area contributed by atoms with E-state index >= 15 is 0 Å². The highest BCUT2D eigenvalue weighted by Gasteiger charge is 2.13. The van der Waals surface area contributed by atoms with Crippen LogP contribution in [0.5, 0.6) is 0 Å². The summed E-state index contributed by atoms with van der Waals surface area (Å²) in [5.41, 5.74) is 1.19. The van der Waals surface area contributed by atoms with E-state index in [2.05, 4.69) is 21.2 Å². The van der Waals surface area contributed by atoms with Gasteiger partial charge in [-0.25, -0.2) is 4.39 Å². The molecule has 0 fully saturated rings. The zero-order valence-corrected chi connectivity index (χ0v) is 11.5. The third kappa shape index (κ3) is 2.61. The molecule has 2 aromatic rings. The van der Waals surface area contributed by atoms with Crippen molar-refractivity contribution in [1.29, 1.82) is 0 Å². The lowest BCUT2D eigenvalue weighted by Gasteiger charge is -2.08. The van der Waals surface area contributed by atoms with Gasteiger partial charge in [-0.2, -0.15) is 0 Å². The predicted octanol–water partition coefficient (Wildman–Crippen LogP) is 4.05. The Bertz CT molecular complexity index is 607. The van der Waals surface area contributed by atoms with Crippen molar-refractivity contribution in [1.82, 2.24) is 0 Å². The first kappa shape index (κ1) is 12.8. The Balaban J connectivity index is 2.24. The van der Waals surface area contributed by atoms with Crippen LogP contribution >= 0.6 is 15.9 Å². The van der Waals surface area contributed by atoms with Crippen molar-refractivity contribution in [3.8, 4) is 0 Å². The summed E-state index contributed by atoms with van der Waals surface area (Å²) >= 11 is 3.09. The zero-order valence-electron chi connectivity index (χ0n) is 9.88. The lowest BCUT2D eigenvalue weighted by Crippen LogP contribution is -2.12. The van der Waals surface area contributed by atoms with Crippen LogP contribution in [0.3, 0.4) is 0 Å². The van der Waals surface area contributed by atoms with Crippen molar-refractivity contribution in [3.05, 3.63) is 51.6 Å². The fourth-order valence-electron chi connectivity index (χ4n) is 1.52. The van der Waals surface area contributed by atoms with E-state index in [1.165, 1.54) is 6.07 Å². The highest BCUT2D eigenvalue weighted by Crippen LogP contribution is 2.24. The Morgan fingerprint density at radius 2 is 2.06 bits per heavy atom. The largest absolute Gasteiger partial charge is 0.456 e. The highest BCUT2D eigenvalue weighted by atomic mass is 79.9. The van der Waals surface area contributed by atoms with E-state index in [1.54, 1.807) is 32.0 Å². The highest BCUT2D eigenvalue weighted by molar-refractivity contribution is 9.10. The van der Waals surface area contributed by atoms with E-state index in [0.717, 1.165) is 5.56 Å². The lowest BCUT2D eigenvalue weighted by atomic mass is 10.2. The van der Waals surface area contributed by atoms with Crippen LogP contribution in [-0.2, 0) is 0 Å². The van der Waals surface area contributed by atoms with E-state index in [0.29, 0.717) is 15.9 Å². The molecule has 0 unspecified atom stereocenters.